The van der Waals surface area contributed by atoms with E-state index in [0.29, 0.717) is 6.04 Å². The van der Waals surface area contributed by atoms with E-state index in [2.05, 4.69) is 29.3 Å². The lowest BCUT2D eigenvalue weighted by Crippen LogP contribution is -2.41. The molecule has 1 N–H and O–H groups in total. The number of nitrogens with one attached hydrogen (secondary N) is 1. The van der Waals surface area contributed by atoms with Crippen molar-refractivity contribution in [2.24, 2.45) is 0 Å². The fraction of sp³-hybridized carbons (Fsp3) is 0.600. The predicted octanol–water partition coefficient (Wildman–Crippen LogP) is 3.02. The fourth-order valence-corrected chi connectivity index (χ4v) is 3.67. The van der Waals surface area contributed by atoms with Crippen LogP contribution in [-0.4, -0.2) is 44.4 Å². The third kappa shape index (κ3) is 4.29. The largest absolute Gasteiger partial charge is 0.383 e. The second kappa shape index (κ2) is 8.13. The van der Waals surface area contributed by atoms with Gasteiger partial charge in [-0.05, 0) is 30.7 Å². The Kier molecular flexibility index (Phi) is 6.49. The minimum Gasteiger partial charge on any atom is -0.383 e. The van der Waals surface area contributed by atoms with Crippen LogP contribution in [0.4, 0.5) is 5.69 Å². The number of thioether (sulfide) groups is 1. The van der Waals surface area contributed by atoms with Gasteiger partial charge in [0.25, 0.3) is 0 Å². The van der Waals surface area contributed by atoms with Gasteiger partial charge in [-0.2, -0.15) is 11.8 Å². The summed E-state index contributed by atoms with van der Waals surface area (Å²) in [4.78, 5) is 2.50. The van der Waals surface area contributed by atoms with Gasteiger partial charge in [-0.15, -0.1) is 0 Å². The molecule has 1 fully saturated rings. The molecular formula is C15H23ClN2OS. The van der Waals surface area contributed by atoms with E-state index in [1.165, 1.54) is 22.8 Å². The molecule has 5 heteroatoms. The number of hydrogen-bond acceptors (Lipinski definition) is 4. The van der Waals surface area contributed by atoms with Gasteiger partial charge in [0.1, 0.15) is 0 Å². The Morgan fingerprint density at radius 3 is 3.10 bits per heavy atom. The highest BCUT2D eigenvalue weighted by Gasteiger charge is 2.21. The van der Waals surface area contributed by atoms with Crippen LogP contribution in [0.15, 0.2) is 18.2 Å². The second-order valence-electron chi connectivity index (χ2n) is 5.06. The van der Waals surface area contributed by atoms with Crippen molar-refractivity contribution < 1.29 is 4.74 Å². The third-order valence-electron chi connectivity index (χ3n) is 3.52. The van der Waals surface area contributed by atoms with Crippen molar-refractivity contribution in [2.45, 2.75) is 19.5 Å². The predicted molar refractivity (Wildman–Crippen MR) is 89.2 cm³/mol. The van der Waals surface area contributed by atoms with Crippen LogP contribution in [0.5, 0.6) is 0 Å². The Hall–Kier alpha value is -0.420. The van der Waals surface area contributed by atoms with Crippen LogP contribution in [0.1, 0.15) is 12.5 Å². The van der Waals surface area contributed by atoms with Gasteiger partial charge in [-0.25, -0.2) is 0 Å². The standard InChI is InChI=1S/C15H23ClN2OS/c1-12-11-20-8-6-18(12)15-4-3-14(16)9-13(15)10-17-5-7-19-2/h3-4,9,12,17H,5-8,10-11H2,1-2H3. The van der Waals surface area contributed by atoms with Crippen molar-refractivity contribution in [3.63, 3.8) is 0 Å². The third-order valence-corrected chi connectivity index (χ3v) is 4.94. The molecule has 3 nitrogen and oxygen atoms in total. The quantitative estimate of drug-likeness (QED) is 0.816. The molecule has 1 aromatic rings. The van der Waals surface area contributed by atoms with E-state index < -0.39 is 0 Å². The molecule has 0 saturated carbocycles. The molecule has 0 radical (unpaired) electrons. The van der Waals surface area contributed by atoms with Gasteiger partial charge >= 0.3 is 0 Å². The molecule has 1 aromatic carbocycles. The fourth-order valence-electron chi connectivity index (χ4n) is 2.46. The van der Waals surface area contributed by atoms with E-state index in [0.717, 1.165) is 31.3 Å². The first-order valence-corrected chi connectivity index (χ1v) is 8.58. The first-order chi connectivity index (χ1) is 9.72. The molecule has 1 aliphatic rings. The molecule has 1 heterocycles. The number of halogens is 1. The molecule has 2 rings (SSSR count). The highest BCUT2D eigenvalue weighted by Crippen LogP contribution is 2.29. The summed E-state index contributed by atoms with van der Waals surface area (Å²) in [7, 11) is 1.72. The molecule has 0 spiro atoms. The smallest absolute Gasteiger partial charge is 0.0587 e. The summed E-state index contributed by atoms with van der Waals surface area (Å²) >= 11 is 8.19. The second-order valence-corrected chi connectivity index (χ2v) is 6.65. The molecular weight excluding hydrogens is 292 g/mol. The lowest BCUT2D eigenvalue weighted by Gasteiger charge is -2.36. The maximum absolute atomic E-state index is 6.16. The lowest BCUT2D eigenvalue weighted by molar-refractivity contribution is 0.199. The molecule has 1 unspecified atom stereocenters. The van der Waals surface area contributed by atoms with Gasteiger partial charge in [0.15, 0.2) is 0 Å². The summed E-state index contributed by atoms with van der Waals surface area (Å²) in [5.41, 5.74) is 2.58. The zero-order valence-corrected chi connectivity index (χ0v) is 13.8. The minimum absolute atomic E-state index is 0.577. The van der Waals surface area contributed by atoms with Crippen molar-refractivity contribution in [1.29, 1.82) is 0 Å². The molecule has 0 bridgehead atoms. The van der Waals surface area contributed by atoms with Crippen LogP contribution in [0.3, 0.4) is 0 Å². The topological polar surface area (TPSA) is 24.5 Å². The Balaban J connectivity index is 2.10. The molecule has 0 amide bonds. The van der Waals surface area contributed by atoms with Gasteiger partial charge in [-0.3, -0.25) is 0 Å². The first-order valence-electron chi connectivity index (χ1n) is 7.05. The van der Waals surface area contributed by atoms with Crippen molar-refractivity contribution in [3.8, 4) is 0 Å². The average molecular weight is 315 g/mol. The van der Waals surface area contributed by atoms with Gasteiger partial charge in [-0.1, -0.05) is 11.6 Å². The molecule has 0 aromatic heterocycles. The number of anilines is 1. The van der Waals surface area contributed by atoms with Crippen molar-refractivity contribution in [2.75, 3.05) is 43.2 Å². The van der Waals surface area contributed by atoms with Crippen LogP contribution >= 0.6 is 23.4 Å². The number of rotatable bonds is 6. The van der Waals surface area contributed by atoms with Crippen LogP contribution in [0, 0.1) is 0 Å². The Bertz CT molecular complexity index is 430. The SMILES string of the molecule is COCCNCc1cc(Cl)ccc1N1CCSCC1C. The van der Waals surface area contributed by atoms with Crippen LogP contribution in [0.2, 0.25) is 5.02 Å². The summed E-state index contributed by atoms with van der Waals surface area (Å²) in [5, 5.41) is 4.21. The summed E-state index contributed by atoms with van der Waals surface area (Å²) in [5.74, 6) is 2.39. The molecule has 0 aliphatic carbocycles. The van der Waals surface area contributed by atoms with E-state index >= 15 is 0 Å². The Morgan fingerprint density at radius 1 is 1.50 bits per heavy atom. The number of ether oxygens (including phenoxy) is 1. The van der Waals surface area contributed by atoms with Gasteiger partial charge in [0.2, 0.25) is 0 Å². The molecule has 112 valence electrons. The monoisotopic (exact) mass is 314 g/mol. The van der Waals surface area contributed by atoms with E-state index in [4.69, 9.17) is 16.3 Å². The summed E-state index contributed by atoms with van der Waals surface area (Å²) in [6.45, 7) is 5.82. The zero-order valence-electron chi connectivity index (χ0n) is 12.2. The summed E-state index contributed by atoms with van der Waals surface area (Å²) in [6, 6.07) is 6.80. The van der Waals surface area contributed by atoms with E-state index in [1.807, 2.05) is 17.8 Å². The molecule has 1 atom stereocenters. The molecule has 20 heavy (non-hydrogen) atoms. The lowest BCUT2D eigenvalue weighted by atomic mass is 10.1. The van der Waals surface area contributed by atoms with Gasteiger partial charge in [0, 0.05) is 55.0 Å². The normalized spacial score (nSPS) is 19.4. The maximum Gasteiger partial charge on any atom is 0.0587 e. The number of nitrogens with zero attached hydrogens (tertiary/aromatic N) is 1. The van der Waals surface area contributed by atoms with E-state index in [1.54, 1.807) is 7.11 Å². The van der Waals surface area contributed by atoms with Crippen molar-refractivity contribution in [3.05, 3.63) is 28.8 Å². The summed E-state index contributed by atoms with van der Waals surface area (Å²) < 4.78 is 5.07. The number of methoxy groups -OCH3 is 1. The van der Waals surface area contributed by atoms with Crippen molar-refractivity contribution in [1.82, 2.24) is 5.32 Å². The van der Waals surface area contributed by atoms with Crippen LogP contribution in [0.25, 0.3) is 0 Å². The van der Waals surface area contributed by atoms with Crippen LogP contribution in [-0.2, 0) is 11.3 Å². The van der Waals surface area contributed by atoms with E-state index in [9.17, 15) is 0 Å². The van der Waals surface area contributed by atoms with Gasteiger partial charge in [0.05, 0.1) is 6.61 Å². The number of benzene rings is 1. The molecule has 1 aliphatic heterocycles. The van der Waals surface area contributed by atoms with Gasteiger partial charge < -0.3 is 15.0 Å². The number of hydrogen-bond donors (Lipinski definition) is 1. The zero-order chi connectivity index (χ0) is 14.4. The Morgan fingerprint density at radius 2 is 2.35 bits per heavy atom. The highest BCUT2D eigenvalue weighted by molar-refractivity contribution is 7.99. The van der Waals surface area contributed by atoms with Crippen LogP contribution < -0.4 is 10.2 Å². The van der Waals surface area contributed by atoms with Crippen molar-refractivity contribution >= 4 is 29.1 Å². The first kappa shape index (κ1) is 16.0. The maximum atomic E-state index is 6.16. The highest BCUT2D eigenvalue weighted by atomic mass is 35.5. The molecule has 1 saturated heterocycles. The Labute approximate surface area is 131 Å². The van der Waals surface area contributed by atoms with E-state index in [-0.39, 0.29) is 0 Å². The summed E-state index contributed by atoms with van der Waals surface area (Å²) in [6.07, 6.45) is 0. The average Bonchev–Trinajstić information content (AvgIpc) is 2.45. The minimum atomic E-state index is 0.577.